The molecule has 0 aromatic carbocycles. The summed E-state index contributed by atoms with van der Waals surface area (Å²) in [5.74, 6) is 0. The molecule has 4 heteroatoms. The van der Waals surface area contributed by atoms with Gasteiger partial charge in [-0.3, -0.25) is 0 Å². The molecule has 0 aliphatic rings. The molecular formula is C6H23NSi3. The Morgan fingerprint density at radius 1 is 1.10 bits per heavy atom. The first kappa shape index (κ1) is 13.2. The first-order chi connectivity index (χ1) is 3.85. The average molecular weight is 194 g/mol. The maximum atomic E-state index is 2.63. The second-order valence-electron chi connectivity index (χ2n) is 3.88. The van der Waals surface area contributed by atoms with E-state index in [0.717, 1.165) is 0 Å². The van der Waals surface area contributed by atoms with Gasteiger partial charge in [-0.2, -0.15) is 0 Å². The molecule has 1 nitrogen and oxygen atoms in total. The molecule has 0 radical (unpaired) electrons. The predicted molar refractivity (Wildman–Crippen MR) is 61.3 cm³/mol. The molecule has 0 heterocycles. The predicted octanol–water partition coefficient (Wildman–Crippen LogP) is 0.285. The third-order valence-corrected chi connectivity index (χ3v) is 9.37. The molecule has 0 saturated carbocycles. The standard InChI is InChI=1S/C6H19NSi2.H4Si/c1-7(8(2)3)9(4,5)6;/h8H,1-6H3;1H4. The molecule has 0 rings (SSSR count). The lowest BCUT2D eigenvalue weighted by molar-refractivity contribution is 0.784. The molecule has 0 aromatic heterocycles. The van der Waals surface area contributed by atoms with E-state index in [2.05, 4.69) is 44.0 Å². The van der Waals surface area contributed by atoms with Crippen molar-refractivity contribution >= 4 is 28.2 Å². The Morgan fingerprint density at radius 3 is 1.40 bits per heavy atom. The van der Waals surface area contributed by atoms with Crippen LogP contribution in [0.15, 0.2) is 0 Å². The van der Waals surface area contributed by atoms with Crippen LogP contribution in [0.4, 0.5) is 0 Å². The maximum Gasteiger partial charge on any atom is 0.111 e. The summed E-state index contributed by atoms with van der Waals surface area (Å²) < 4.78 is 2.63. The lowest BCUT2D eigenvalue weighted by Crippen LogP contribution is -2.49. The zero-order chi connectivity index (χ0) is 7.65. The summed E-state index contributed by atoms with van der Waals surface area (Å²) in [7, 11) is 0.858. The highest BCUT2D eigenvalue weighted by molar-refractivity contribution is 6.82. The van der Waals surface area contributed by atoms with Gasteiger partial charge >= 0.3 is 0 Å². The number of hydrogen-bond acceptors (Lipinski definition) is 1. The van der Waals surface area contributed by atoms with E-state index in [1.165, 1.54) is 0 Å². The van der Waals surface area contributed by atoms with Crippen molar-refractivity contribution in [3.05, 3.63) is 0 Å². The normalized spacial score (nSPS) is 12.0. The van der Waals surface area contributed by atoms with Crippen LogP contribution in [0, 0.1) is 0 Å². The van der Waals surface area contributed by atoms with E-state index >= 15 is 0 Å². The van der Waals surface area contributed by atoms with E-state index in [0.29, 0.717) is 0 Å². The Morgan fingerprint density at radius 2 is 1.40 bits per heavy atom. The van der Waals surface area contributed by atoms with E-state index < -0.39 is 17.2 Å². The molecule has 0 aliphatic heterocycles. The van der Waals surface area contributed by atoms with E-state index in [9.17, 15) is 0 Å². The highest BCUT2D eigenvalue weighted by Crippen LogP contribution is 2.07. The molecule has 0 fully saturated rings. The van der Waals surface area contributed by atoms with Crippen molar-refractivity contribution in [2.24, 2.45) is 0 Å². The van der Waals surface area contributed by atoms with Crippen LogP contribution in [0.2, 0.25) is 32.7 Å². The Balaban J connectivity index is 0. The van der Waals surface area contributed by atoms with Gasteiger partial charge in [0.25, 0.3) is 0 Å². The zero-order valence-electron chi connectivity index (χ0n) is 7.52. The topological polar surface area (TPSA) is 3.24 Å². The summed E-state index contributed by atoms with van der Waals surface area (Å²) in [5.41, 5.74) is 0. The summed E-state index contributed by atoms with van der Waals surface area (Å²) in [6.45, 7) is 12.0. The molecule has 10 heavy (non-hydrogen) atoms. The Labute approximate surface area is 72.6 Å². The van der Waals surface area contributed by atoms with Gasteiger partial charge < -0.3 is 4.23 Å². The molecule has 0 aliphatic carbocycles. The van der Waals surface area contributed by atoms with Crippen LogP contribution in [0.1, 0.15) is 0 Å². The zero-order valence-corrected chi connectivity index (χ0v) is 9.68. The first-order valence-corrected chi connectivity index (χ1v) is 9.86. The van der Waals surface area contributed by atoms with Crippen molar-refractivity contribution in [2.45, 2.75) is 32.7 Å². The fourth-order valence-corrected chi connectivity index (χ4v) is 6.97. The van der Waals surface area contributed by atoms with Crippen molar-refractivity contribution in [3.8, 4) is 0 Å². The van der Waals surface area contributed by atoms with Crippen LogP contribution in [-0.4, -0.2) is 39.4 Å². The molecule has 0 aromatic rings. The first-order valence-electron chi connectivity index (χ1n) is 3.58. The summed E-state index contributed by atoms with van der Waals surface area (Å²) >= 11 is 0. The van der Waals surface area contributed by atoms with Gasteiger partial charge in [-0.25, -0.2) is 0 Å². The Kier molecular flexibility index (Phi) is 5.92. The van der Waals surface area contributed by atoms with Gasteiger partial charge in [-0.05, 0) is 18.0 Å². The van der Waals surface area contributed by atoms with E-state index in [1.54, 1.807) is 0 Å². The maximum absolute atomic E-state index is 2.63. The van der Waals surface area contributed by atoms with Crippen molar-refractivity contribution in [1.29, 1.82) is 0 Å². The second kappa shape index (κ2) is 4.48. The van der Waals surface area contributed by atoms with Gasteiger partial charge in [0, 0.05) is 0 Å². The van der Waals surface area contributed by atoms with Gasteiger partial charge in [0.1, 0.15) is 8.24 Å². The smallest absolute Gasteiger partial charge is 0.111 e. The minimum absolute atomic E-state index is 0. The second-order valence-corrected chi connectivity index (χ2v) is 12.4. The van der Waals surface area contributed by atoms with Crippen LogP contribution >= 0.6 is 0 Å². The lowest BCUT2D eigenvalue weighted by atomic mass is 11.6. The summed E-state index contributed by atoms with van der Waals surface area (Å²) in [6.07, 6.45) is 0. The molecular weight excluding hydrogens is 170 g/mol. The van der Waals surface area contributed by atoms with E-state index in [4.69, 9.17) is 0 Å². The van der Waals surface area contributed by atoms with Crippen molar-refractivity contribution < 1.29 is 0 Å². The van der Waals surface area contributed by atoms with Crippen molar-refractivity contribution in [2.75, 3.05) is 7.05 Å². The van der Waals surface area contributed by atoms with E-state index in [1.807, 2.05) is 0 Å². The largest absolute Gasteiger partial charge is 0.351 e. The van der Waals surface area contributed by atoms with E-state index in [-0.39, 0.29) is 11.0 Å². The SMILES string of the molecule is CN([SiH](C)C)[Si](C)(C)C.[SiH4]. The molecule has 0 saturated heterocycles. The fourth-order valence-electron chi connectivity index (χ4n) is 0.775. The van der Waals surface area contributed by atoms with Crippen LogP contribution in [0.5, 0.6) is 0 Å². The molecule has 0 N–H and O–H groups in total. The number of hydrogen-bond donors (Lipinski definition) is 0. The average Bonchev–Trinajstić information content (AvgIpc) is 1.62. The molecule has 0 unspecified atom stereocenters. The third kappa shape index (κ3) is 4.43. The number of rotatable bonds is 2. The molecule has 0 bridgehead atoms. The van der Waals surface area contributed by atoms with Crippen molar-refractivity contribution in [3.63, 3.8) is 0 Å². The van der Waals surface area contributed by atoms with Crippen molar-refractivity contribution in [1.82, 2.24) is 4.23 Å². The third-order valence-electron chi connectivity index (χ3n) is 1.83. The molecule has 64 valence electrons. The fraction of sp³-hybridized carbons (Fsp3) is 1.00. The monoisotopic (exact) mass is 193 g/mol. The lowest BCUT2D eigenvalue weighted by Gasteiger charge is -2.33. The van der Waals surface area contributed by atoms with Crippen LogP contribution < -0.4 is 0 Å². The summed E-state index contributed by atoms with van der Waals surface area (Å²) in [5, 5.41) is 0. The van der Waals surface area contributed by atoms with Crippen LogP contribution in [0.25, 0.3) is 0 Å². The van der Waals surface area contributed by atoms with Gasteiger partial charge in [-0.1, -0.05) is 32.7 Å². The quantitative estimate of drug-likeness (QED) is 0.570. The van der Waals surface area contributed by atoms with Gasteiger partial charge in [0.2, 0.25) is 0 Å². The molecule has 0 spiro atoms. The van der Waals surface area contributed by atoms with Crippen LogP contribution in [0.3, 0.4) is 0 Å². The summed E-state index contributed by atoms with van der Waals surface area (Å²) in [6, 6.07) is 0. The van der Waals surface area contributed by atoms with Crippen LogP contribution in [-0.2, 0) is 0 Å². The Bertz CT molecular complexity index is 87.5. The Hall–Kier alpha value is 0.611. The van der Waals surface area contributed by atoms with Gasteiger partial charge in [-0.15, -0.1) is 0 Å². The highest BCUT2D eigenvalue weighted by Gasteiger charge is 2.21. The minimum Gasteiger partial charge on any atom is -0.351 e. The number of nitrogens with zero attached hydrogens (tertiary/aromatic N) is 1. The summed E-state index contributed by atoms with van der Waals surface area (Å²) in [4.78, 5) is 0. The van der Waals surface area contributed by atoms with Gasteiger partial charge in [0.15, 0.2) is 0 Å². The van der Waals surface area contributed by atoms with Gasteiger partial charge in [0.05, 0.1) is 8.96 Å². The molecule has 0 amide bonds. The molecule has 0 atom stereocenters. The minimum atomic E-state index is -0.929. The highest BCUT2D eigenvalue weighted by atomic mass is 28.4.